The van der Waals surface area contributed by atoms with Crippen LogP contribution in [0, 0.1) is 18.8 Å². The Bertz CT molecular complexity index is 713. The number of hydrogen-bond acceptors (Lipinski definition) is 3. The highest BCUT2D eigenvalue weighted by Crippen LogP contribution is 2.18. The van der Waals surface area contributed by atoms with Crippen molar-refractivity contribution in [2.75, 3.05) is 6.61 Å². The molecular formula is C16H14ClNO2S. The molecule has 0 unspecified atom stereocenters. The molecule has 5 heteroatoms. The third-order valence-corrected chi connectivity index (χ3v) is 4.01. The van der Waals surface area contributed by atoms with Gasteiger partial charge in [0, 0.05) is 15.8 Å². The average Bonchev–Trinajstić information content (AvgIpc) is 2.90. The van der Waals surface area contributed by atoms with Crippen LogP contribution in [-0.4, -0.2) is 17.6 Å². The van der Waals surface area contributed by atoms with E-state index < -0.39 is 0 Å². The molecule has 1 heterocycles. The van der Waals surface area contributed by atoms with E-state index in [4.69, 9.17) is 16.7 Å². The van der Waals surface area contributed by atoms with E-state index in [0.717, 1.165) is 16.0 Å². The van der Waals surface area contributed by atoms with E-state index in [9.17, 15) is 4.79 Å². The van der Waals surface area contributed by atoms with Gasteiger partial charge in [-0.3, -0.25) is 4.79 Å². The highest BCUT2D eigenvalue weighted by atomic mass is 35.5. The number of carbonyl (C=O) groups is 1. The molecule has 1 aromatic carbocycles. The molecule has 0 spiro atoms. The number of aryl methyl sites for hydroxylation is 1. The summed E-state index contributed by atoms with van der Waals surface area (Å²) in [5.74, 6) is 5.22. The number of aliphatic hydroxyl groups excluding tert-OH is 1. The number of benzene rings is 1. The summed E-state index contributed by atoms with van der Waals surface area (Å²) in [6, 6.07) is 7.24. The molecule has 0 aliphatic heterocycles. The van der Waals surface area contributed by atoms with Gasteiger partial charge in [-0.1, -0.05) is 29.5 Å². The fourth-order valence-electron chi connectivity index (χ4n) is 1.75. The van der Waals surface area contributed by atoms with Crippen LogP contribution in [0.4, 0.5) is 0 Å². The Labute approximate surface area is 132 Å². The summed E-state index contributed by atoms with van der Waals surface area (Å²) in [4.78, 5) is 13.1. The zero-order valence-electron chi connectivity index (χ0n) is 11.4. The van der Waals surface area contributed by atoms with Crippen LogP contribution in [-0.2, 0) is 6.54 Å². The first-order chi connectivity index (χ1) is 10.1. The summed E-state index contributed by atoms with van der Waals surface area (Å²) in [5.41, 5.74) is 2.33. The van der Waals surface area contributed by atoms with Crippen LogP contribution in [0.2, 0.25) is 5.02 Å². The maximum absolute atomic E-state index is 12.1. The number of thiophene rings is 1. The predicted octanol–water partition coefficient (Wildman–Crippen LogP) is 2.98. The minimum atomic E-state index is -0.198. The Balaban J connectivity index is 1.99. The van der Waals surface area contributed by atoms with Gasteiger partial charge in [-0.2, -0.15) is 0 Å². The van der Waals surface area contributed by atoms with Crippen LogP contribution in [0.15, 0.2) is 29.6 Å². The van der Waals surface area contributed by atoms with E-state index in [-0.39, 0.29) is 12.5 Å². The van der Waals surface area contributed by atoms with Gasteiger partial charge in [0.2, 0.25) is 0 Å². The number of halogens is 1. The van der Waals surface area contributed by atoms with Crippen LogP contribution in [0.5, 0.6) is 0 Å². The number of hydrogen-bond donors (Lipinski definition) is 2. The number of rotatable bonds is 3. The molecule has 2 rings (SSSR count). The molecule has 1 aromatic heterocycles. The van der Waals surface area contributed by atoms with Gasteiger partial charge in [0.25, 0.3) is 5.91 Å². The molecule has 0 bridgehead atoms. The lowest BCUT2D eigenvalue weighted by atomic mass is 10.1. The smallest absolute Gasteiger partial charge is 0.253 e. The Hall–Kier alpha value is -1.80. The van der Waals surface area contributed by atoms with Gasteiger partial charge >= 0.3 is 0 Å². The zero-order valence-corrected chi connectivity index (χ0v) is 13.0. The second-order valence-electron chi connectivity index (χ2n) is 4.43. The maximum atomic E-state index is 12.1. The summed E-state index contributed by atoms with van der Waals surface area (Å²) in [5, 5.41) is 13.8. The number of aliphatic hydroxyl groups is 1. The van der Waals surface area contributed by atoms with Crippen LogP contribution >= 0.6 is 22.9 Å². The molecular weight excluding hydrogens is 306 g/mol. The van der Waals surface area contributed by atoms with E-state index >= 15 is 0 Å². The van der Waals surface area contributed by atoms with Crippen LogP contribution in [0.3, 0.4) is 0 Å². The van der Waals surface area contributed by atoms with Crippen molar-refractivity contribution in [1.29, 1.82) is 0 Å². The molecule has 0 aliphatic rings. The molecule has 0 saturated carbocycles. The minimum absolute atomic E-state index is 0.159. The number of carbonyl (C=O) groups excluding carboxylic acids is 1. The Morgan fingerprint density at radius 1 is 1.43 bits per heavy atom. The third kappa shape index (κ3) is 4.33. The first-order valence-electron chi connectivity index (χ1n) is 6.31. The summed E-state index contributed by atoms with van der Waals surface area (Å²) in [7, 11) is 0. The molecule has 3 nitrogen and oxygen atoms in total. The molecule has 0 aliphatic carbocycles. The first-order valence-corrected chi connectivity index (χ1v) is 7.57. The summed E-state index contributed by atoms with van der Waals surface area (Å²) >= 11 is 7.58. The molecule has 2 N–H and O–H groups in total. The predicted molar refractivity (Wildman–Crippen MR) is 85.6 cm³/mol. The van der Waals surface area contributed by atoms with Crippen molar-refractivity contribution >= 4 is 28.8 Å². The Kier molecular flexibility index (Phi) is 5.40. The van der Waals surface area contributed by atoms with Crippen molar-refractivity contribution in [3.8, 4) is 11.8 Å². The molecule has 0 radical (unpaired) electrons. The second kappa shape index (κ2) is 7.28. The monoisotopic (exact) mass is 319 g/mol. The quantitative estimate of drug-likeness (QED) is 0.855. The van der Waals surface area contributed by atoms with Gasteiger partial charge in [0.05, 0.1) is 17.1 Å². The van der Waals surface area contributed by atoms with Gasteiger partial charge in [0.1, 0.15) is 6.61 Å². The lowest BCUT2D eigenvalue weighted by Crippen LogP contribution is -2.22. The molecule has 108 valence electrons. The lowest BCUT2D eigenvalue weighted by molar-refractivity contribution is 0.0951. The molecule has 1 amide bonds. The highest BCUT2D eigenvalue weighted by Gasteiger charge is 2.10. The molecule has 2 aromatic rings. The maximum Gasteiger partial charge on any atom is 0.253 e. The fourth-order valence-corrected chi connectivity index (χ4v) is 2.82. The molecule has 0 atom stereocenters. The van der Waals surface area contributed by atoms with E-state index in [1.54, 1.807) is 12.1 Å². The van der Waals surface area contributed by atoms with Crippen LogP contribution < -0.4 is 5.32 Å². The number of nitrogens with one attached hydrogen (secondary N) is 1. The van der Waals surface area contributed by atoms with Gasteiger partial charge < -0.3 is 10.4 Å². The van der Waals surface area contributed by atoms with Crippen LogP contribution in [0.25, 0.3) is 0 Å². The number of amides is 1. The first kappa shape index (κ1) is 15.6. The zero-order chi connectivity index (χ0) is 15.2. The Morgan fingerprint density at radius 3 is 2.95 bits per heavy atom. The van der Waals surface area contributed by atoms with Gasteiger partial charge in [-0.25, -0.2) is 0 Å². The standard InChI is InChI=1S/C16H14ClNO2S/c1-11-4-5-14(15(17)7-11)16(20)18-9-13-8-12(10-21-13)3-2-6-19/h4-5,7-8,10,19H,6,9H2,1H3,(H,18,20). The van der Waals surface area contributed by atoms with Crippen molar-refractivity contribution in [1.82, 2.24) is 5.32 Å². The lowest BCUT2D eigenvalue weighted by Gasteiger charge is -2.06. The van der Waals surface area contributed by atoms with E-state index in [1.165, 1.54) is 11.3 Å². The molecule has 0 fully saturated rings. The van der Waals surface area contributed by atoms with E-state index in [2.05, 4.69) is 17.2 Å². The second-order valence-corrected chi connectivity index (χ2v) is 5.83. The SMILES string of the molecule is Cc1ccc(C(=O)NCc2cc(C#CCO)cs2)c(Cl)c1. The third-order valence-electron chi connectivity index (χ3n) is 2.76. The van der Waals surface area contributed by atoms with Crippen molar-refractivity contribution < 1.29 is 9.90 Å². The Morgan fingerprint density at radius 2 is 2.24 bits per heavy atom. The van der Waals surface area contributed by atoms with Gasteiger partial charge in [-0.15, -0.1) is 11.3 Å². The van der Waals surface area contributed by atoms with Gasteiger partial charge in [0.15, 0.2) is 0 Å². The molecule has 0 saturated heterocycles. The average molecular weight is 320 g/mol. The summed E-state index contributed by atoms with van der Waals surface area (Å²) in [6.07, 6.45) is 0. The van der Waals surface area contributed by atoms with Gasteiger partial charge in [-0.05, 0) is 30.7 Å². The normalized spacial score (nSPS) is 9.86. The molecule has 21 heavy (non-hydrogen) atoms. The topological polar surface area (TPSA) is 49.3 Å². The van der Waals surface area contributed by atoms with E-state index in [0.29, 0.717) is 17.1 Å². The van der Waals surface area contributed by atoms with Crippen molar-refractivity contribution in [2.45, 2.75) is 13.5 Å². The largest absolute Gasteiger partial charge is 0.384 e. The van der Waals surface area contributed by atoms with Crippen LogP contribution in [0.1, 0.15) is 26.4 Å². The minimum Gasteiger partial charge on any atom is -0.384 e. The van der Waals surface area contributed by atoms with E-state index in [1.807, 2.05) is 24.4 Å². The van der Waals surface area contributed by atoms with Crippen molar-refractivity contribution in [3.05, 3.63) is 56.2 Å². The highest BCUT2D eigenvalue weighted by molar-refractivity contribution is 7.10. The summed E-state index contributed by atoms with van der Waals surface area (Å²) < 4.78 is 0. The van der Waals surface area contributed by atoms with Crippen molar-refractivity contribution in [2.24, 2.45) is 0 Å². The van der Waals surface area contributed by atoms with Crippen molar-refractivity contribution in [3.63, 3.8) is 0 Å². The summed E-state index contributed by atoms with van der Waals surface area (Å²) in [6.45, 7) is 2.19. The fraction of sp³-hybridized carbons (Fsp3) is 0.188.